The van der Waals surface area contributed by atoms with Crippen molar-refractivity contribution in [3.8, 4) is 0 Å². The highest BCUT2D eigenvalue weighted by Gasteiger charge is 2.29. The third-order valence-electron chi connectivity index (χ3n) is 3.60. The first-order valence-electron chi connectivity index (χ1n) is 5.94. The minimum atomic E-state index is -0.0544. The molecule has 0 saturated heterocycles. The molecule has 3 atom stereocenters. The van der Waals surface area contributed by atoms with Crippen LogP contribution in [0.1, 0.15) is 46.5 Å². The van der Waals surface area contributed by atoms with Gasteiger partial charge in [0.25, 0.3) is 0 Å². The molecular formula is C13H24O. The van der Waals surface area contributed by atoms with Crippen LogP contribution in [0.25, 0.3) is 0 Å². The Morgan fingerprint density at radius 3 is 2.64 bits per heavy atom. The van der Waals surface area contributed by atoms with E-state index in [1.165, 1.54) is 12.8 Å². The molecule has 1 N–H and O–H groups in total. The van der Waals surface area contributed by atoms with Crippen LogP contribution in [0.3, 0.4) is 0 Å². The van der Waals surface area contributed by atoms with Crippen molar-refractivity contribution >= 4 is 0 Å². The van der Waals surface area contributed by atoms with Gasteiger partial charge in [0, 0.05) is 0 Å². The predicted molar refractivity (Wildman–Crippen MR) is 61.1 cm³/mol. The lowest BCUT2D eigenvalue weighted by molar-refractivity contribution is 0.0391. The average Bonchev–Trinajstić information content (AvgIpc) is 2.16. The van der Waals surface area contributed by atoms with Crippen molar-refractivity contribution in [1.29, 1.82) is 0 Å². The van der Waals surface area contributed by atoms with Crippen LogP contribution >= 0.6 is 0 Å². The Hall–Kier alpha value is -0.300. The lowest BCUT2D eigenvalue weighted by Crippen LogP contribution is -2.30. The molecule has 82 valence electrons. The molecule has 0 spiro atoms. The summed E-state index contributed by atoms with van der Waals surface area (Å²) < 4.78 is 0. The maximum Gasteiger partial charge on any atom is 0.0571 e. The van der Waals surface area contributed by atoms with Gasteiger partial charge in [-0.25, -0.2) is 0 Å². The van der Waals surface area contributed by atoms with E-state index in [1.54, 1.807) is 0 Å². The Bertz CT molecular complexity index is 184. The van der Waals surface area contributed by atoms with Gasteiger partial charge in [0.15, 0.2) is 0 Å². The summed E-state index contributed by atoms with van der Waals surface area (Å²) in [5.74, 6) is 2.11. The normalized spacial score (nSPS) is 34.2. The molecule has 1 aliphatic rings. The molecule has 1 heteroatoms. The van der Waals surface area contributed by atoms with Crippen molar-refractivity contribution in [2.24, 2.45) is 17.8 Å². The summed E-state index contributed by atoms with van der Waals surface area (Å²) in [6.45, 7) is 6.65. The monoisotopic (exact) mass is 196 g/mol. The SMILES string of the molecule is C/C=C/CC1CC(C(C)C)CCC1O. The van der Waals surface area contributed by atoms with Gasteiger partial charge >= 0.3 is 0 Å². The molecule has 0 aromatic carbocycles. The third-order valence-corrected chi connectivity index (χ3v) is 3.60. The largest absolute Gasteiger partial charge is 0.393 e. The van der Waals surface area contributed by atoms with E-state index in [0.717, 1.165) is 24.7 Å². The Balaban J connectivity index is 2.46. The van der Waals surface area contributed by atoms with Crippen LogP contribution in [0.5, 0.6) is 0 Å². The maximum atomic E-state index is 9.86. The Morgan fingerprint density at radius 2 is 2.07 bits per heavy atom. The molecule has 14 heavy (non-hydrogen) atoms. The fourth-order valence-corrected chi connectivity index (χ4v) is 2.45. The number of aliphatic hydroxyl groups is 1. The molecule has 1 aliphatic carbocycles. The van der Waals surface area contributed by atoms with E-state index < -0.39 is 0 Å². The van der Waals surface area contributed by atoms with Crippen LogP contribution in [0, 0.1) is 17.8 Å². The summed E-state index contributed by atoms with van der Waals surface area (Å²) in [4.78, 5) is 0. The van der Waals surface area contributed by atoms with Crippen LogP contribution < -0.4 is 0 Å². The molecule has 1 nitrogen and oxygen atoms in total. The van der Waals surface area contributed by atoms with Gasteiger partial charge in [-0.3, -0.25) is 0 Å². The number of hydrogen-bond acceptors (Lipinski definition) is 1. The van der Waals surface area contributed by atoms with Crippen molar-refractivity contribution in [3.63, 3.8) is 0 Å². The maximum absolute atomic E-state index is 9.86. The van der Waals surface area contributed by atoms with Gasteiger partial charge in [0.2, 0.25) is 0 Å². The van der Waals surface area contributed by atoms with E-state index in [0.29, 0.717) is 5.92 Å². The fourth-order valence-electron chi connectivity index (χ4n) is 2.45. The van der Waals surface area contributed by atoms with E-state index in [9.17, 15) is 5.11 Å². The zero-order valence-electron chi connectivity index (χ0n) is 9.74. The van der Waals surface area contributed by atoms with Gasteiger partial charge in [0.05, 0.1) is 6.10 Å². The predicted octanol–water partition coefficient (Wildman–Crippen LogP) is 3.39. The summed E-state index contributed by atoms with van der Waals surface area (Å²) in [6, 6.07) is 0. The molecule has 1 rings (SSSR count). The van der Waals surface area contributed by atoms with Crippen molar-refractivity contribution in [1.82, 2.24) is 0 Å². The summed E-state index contributed by atoms with van der Waals surface area (Å²) >= 11 is 0. The van der Waals surface area contributed by atoms with Crippen LogP contribution in [0.15, 0.2) is 12.2 Å². The quantitative estimate of drug-likeness (QED) is 0.686. The molecule has 0 aromatic rings. The number of allylic oxidation sites excluding steroid dienone is 2. The summed E-state index contributed by atoms with van der Waals surface area (Å²) in [5, 5.41) is 9.86. The first-order chi connectivity index (χ1) is 6.65. The second-order valence-corrected chi connectivity index (χ2v) is 4.95. The lowest BCUT2D eigenvalue weighted by Gasteiger charge is -2.34. The fraction of sp³-hybridized carbons (Fsp3) is 0.846. The first-order valence-corrected chi connectivity index (χ1v) is 5.94. The third kappa shape index (κ3) is 3.13. The minimum absolute atomic E-state index is 0.0544. The Labute approximate surface area is 88.2 Å². The summed E-state index contributed by atoms with van der Waals surface area (Å²) in [6.07, 6.45) is 8.71. The van der Waals surface area contributed by atoms with Crippen molar-refractivity contribution in [3.05, 3.63) is 12.2 Å². The number of rotatable bonds is 3. The van der Waals surface area contributed by atoms with Gasteiger partial charge in [0.1, 0.15) is 0 Å². The topological polar surface area (TPSA) is 20.2 Å². The smallest absolute Gasteiger partial charge is 0.0571 e. The van der Waals surface area contributed by atoms with Crippen molar-refractivity contribution in [2.45, 2.75) is 52.6 Å². The van der Waals surface area contributed by atoms with E-state index in [1.807, 2.05) is 0 Å². The second-order valence-electron chi connectivity index (χ2n) is 4.95. The average molecular weight is 196 g/mol. The zero-order valence-corrected chi connectivity index (χ0v) is 9.74. The van der Waals surface area contributed by atoms with Crippen LogP contribution in [-0.4, -0.2) is 11.2 Å². The van der Waals surface area contributed by atoms with Crippen molar-refractivity contribution < 1.29 is 5.11 Å². The van der Waals surface area contributed by atoms with Gasteiger partial charge < -0.3 is 5.11 Å². The van der Waals surface area contributed by atoms with E-state index in [-0.39, 0.29) is 6.10 Å². The molecule has 0 bridgehead atoms. The molecular weight excluding hydrogens is 172 g/mol. The molecule has 1 fully saturated rings. The molecule has 0 aromatic heterocycles. The standard InChI is InChI=1S/C13H24O/c1-4-5-6-12-9-11(10(2)3)7-8-13(12)14/h4-5,10-14H,6-9H2,1-3H3/b5-4+. The number of aliphatic hydroxyl groups excluding tert-OH is 1. The molecule has 1 saturated carbocycles. The molecule has 0 heterocycles. The van der Waals surface area contributed by atoms with Crippen LogP contribution in [-0.2, 0) is 0 Å². The Kier molecular flexibility index (Phi) is 4.67. The van der Waals surface area contributed by atoms with Gasteiger partial charge in [-0.15, -0.1) is 0 Å². The minimum Gasteiger partial charge on any atom is -0.393 e. The highest BCUT2D eigenvalue weighted by molar-refractivity contribution is 4.88. The van der Waals surface area contributed by atoms with E-state index in [4.69, 9.17) is 0 Å². The highest BCUT2D eigenvalue weighted by atomic mass is 16.3. The molecule has 0 radical (unpaired) electrons. The van der Waals surface area contributed by atoms with Crippen molar-refractivity contribution in [2.75, 3.05) is 0 Å². The summed E-state index contributed by atoms with van der Waals surface area (Å²) in [5.41, 5.74) is 0. The highest BCUT2D eigenvalue weighted by Crippen LogP contribution is 2.35. The zero-order chi connectivity index (χ0) is 10.6. The Morgan fingerprint density at radius 1 is 1.36 bits per heavy atom. The summed E-state index contributed by atoms with van der Waals surface area (Å²) in [7, 11) is 0. The van der Waals surface area contributed by atoms with Gasteiger partial charge in [-0.1, -0.05) is 26.0 Å². The van der Waals surface area contributed by atoms with E-state index >= 15 is 0 Å². The number of hydrogen-bond donors (Lipinski definition) is 1. The van der Waals surface area contributed by atoms with Crippen LogP contribution in [0.4, 0.5) is 0 Å². The van der Waals surface area contributed by atoms with E-state index in [2.05, 4.69) is 32.9 Å². The van der Waals surface area contributed by atoms with Gasteiger partial charge in [-0.2, -0.15) is 0 Å². The first kappa shape index (κ1) is 11.8. The second kappa shape index (κ2) is 5.55. The van der Waals surface area contributed by atoms with Crippen LogP contribution in [0.2, 0.25) is 0 Å². The molecule has 3 unspecified atom stereocenters. The molecule has 0 amide bonds. The lowest BCUT2D eigenvalue weighted by atomic mass is 9.73. The van der Waals surface area contributed by atoms with Gasteiger partial charge in [-0.05, 0) is 50.4 Å². The molecule has 0 aliphatic heterocycles.